The summed E-state index contributed by atoms with van der Waals surface area (Å²) in [6.07, 6.45) is 1.57. The molecule has 7 heteroatoms. The summed E-state index contributed by atoms with van der Waals surface area (Å²) in [5.74, 6) is 1.90. The quantitative estimate of drug-likeness (QED) is 0.344. The second-order valence-corrected chi connectivity index (χ2v) is 7.27. The highest BCUT2D eigenvalue weighted by molar-refractivity contribution is 5.86. The third kappa shape index (κ3) is 3.74. The van der Waals surface area contributed by atoms with Gasteiger partial charge < -0.3 is 13.9 Å². The average molecular weight is 439 g/mol. The van der Waals surface area contributed by atoms with Gasteiger partial charge in [0.1, 0.15) is 5.58 Å². The van der Waals surface area contributed by atoms with E-state index in [2.05, 4.69) is 5.10 Å². The third-order valence-corrected chi connectivity index (χ3v) is 5.23. The second kappa shape index (κ2) is 8.63. The molecule has 5 aromatic rings. The van der Waals surface area contributed by atoms with Crippen molar-refractivity contribution in [2.24, 2.45) is 5.10 Å². The molecular weight excluding hydrogens is 418 g/mol. The summed E-state index contributed by atoms with van der Waals surface area (Å²) in [5.41, 5.74) is 1.65. The fourth-order valence-electron chi connectivity index (χ4n) is 3.70. The van der Waals surface area contributed by atoms with Crippen LogP contribution in [0.15, 0.2) is 87.1 Å². The Balaban J connectivity index is 1.72. The zero-order valence-electron chi connectivity index (χ0n) is 18.2. The molecular formula is C26H21N3O4. The molecule has 0 saturated heterocycles. The molecule has 2 heterocycles. The molecule has 164 valence electrons. The maximum absolute atomic E-state index is 13.4. The van der Waals surface area contributed by atoms with Crippen molar-refractivity contribution >= 4 is 28.1 Å². The van der Waals surface area contributed by atoms with Crippen LogP contribution in [0.2, 0.25) is 0 Å². The minimum absolute atomic E-state index is 0.298. The van der Waals surface area contributed by atoms with E-state index >= 15 is 0 Å². The highest BCUT2D eigenvalue weighted by atomic mass is 16.5. The Morgan fingerprint density at radius 3 is 2.70 bits per heavy atom. The Kier molecular flexibility index (Phi) is 5.36. The molecule has 3 aromatic carbocycles. The van der Waals surface area contributed by atoms with Crippen LogP contribution < -0.4 is 15.0 Å². The number of furan rings is 1. The average Bonchev–Trinajstić information content (AvgIpc) is 3.28. The van der Waals surface area contributed by atoms with Gasteiger partial charge >= 0.3 is 0 Å². The number of ether oxygens (including phenoxy) is 2. The molecule has 33 heavy (non-hydrogen) atoms. The Morgan fingerprint density at radius 2 is 1.88 bits per heavy atom. The van der Waals surface area contributed by atoms with Crippen molar-refractivity contribution in [3.05, 3.63) is 88.7 Å². The molecule has 0 atom stereocenters. The van der Waals surface area contributed by atoms with Gasteiger partial charge in [-0.25, -0.2) is 4.98 Å². The van der Waals surface area contributed by atoms with Crippen molar-refractivity contribution in [1.82, 2.24) is 9.66 Å². The molecule has 0 unspecified atom stereocenters. The molecule has 0 bridgehead atoms. The summed E-state index contributed by atoms with van der Waals surface area (Å²) in [7, 11) is 1.58. The van der Waals surface area contributed by atoms with Gasteiger partial charge in [-0.15, -0.1) is 0 Å². The number of nitrogens with zero attached hydrogens (tertiary/aromatic N) is 3. The molecule has 0 spiro atoms. The molecule has 7 nitrogen and oxygen atoms in total. The third-order valence-electron chi connectivity index (χ3n) is 5.23. The number of fused-ring (bicyclic) bond motifs is 2. The first kappa shape index (κ1) is 20.5. The number of aromatic nitrogens is 2. The number of para-hydroxylation sites is 3. The van der Waals surface area contributed by atoms with Crippen LogP contribution in [0.4, 0.5) is 0 Å². The molecule has 5 rings (SSSR count). The number of hydrogen-bond donors (Lipinski definition) is 0. The molecule has 0 aliphatic rings. The second-order valence-electron chi connectivity index (χ2n) is 7.27. The van der Waals surface area contributed by atoms with Crippen molar-refractivity contribution in [1.29, 1.82) is 0 Å². The van der Waals surface area contributed by atoms with E-state index in [1.807, 2.05) is 61.5 Å². The minimum atomic E-state index is -0.298. The van der Waals surface area contributed by atoms with Crippen molar-refractivity contribution in [3.8, 4) is 23.1 Å². The van der Waals surface area contributed by atoms with E-state index in [-0.39, 0.29) is 5.56 Å². The van der Waals surface area contributed by atoms with Gasteiger partial charge in [0.25, 0.3) is 5.56 Å². The Labute approximate surface area is 189 Å². The first-order valence-corrected chi connectivity index (χ1v) is 10.5. The van der Waals surface area contributed by atoms with E-state index in [4.69, 9.17) is 18.9 Å². The first-order valence-electron chi connectivity index (χ1n) is 10.5. The van der Waals surface area contributed by atoms with E-state index in [9.17, 15) is 4.79 Å². The summed E-state index contributed by atoms with van der Waals surface area (Å²) in [4.78, 5) is 18.1. The van der Waals surface area contributed by atoms with Crippen molar-refractivity contribution < 1.29 is 13.9 Å². The predicted octanol–water partition coefficient (Wildman–Crippen LogP) is 5.10. The molecule has 0 fully saturated rings. The number of benzene rings is 3. The van der Waals surface area contributed by atoms with Crippen LogP contribution in [-0.4, -0.2) is 29.6 Å². The summed E-state index contributed by atoms with van der Waals surface area (Å²) in [6, 6.07) is 22.2. The summed E-state index contributed by atoms with van der Waals surface area (Å²) < 4.78 is 18.4. The van der Waals surface area contributed by atoms with Crippen molar-refractivity contribution in [2.75, 3.05) is 13.7 Å². The smallest absolute Gasteiger partial charge is 0.282 e. The maximum Gasteiger partial charge on any atom is 0.282 e. The lowest BCUT2D eigenvalue weighted by atomic mass is 10.2. The molecule has 0 radical (unpaired) electrons. The summed E-state index contributed by atoms with van der Waals surface area (Å²) in [6.45, 7) is 2.35. The molecule has 0 aliphatic carbocycles. The van der Waals surface area contributed by atoms with Gasteiger partial charge in [-0.1, -0.05) is 36.4 Å². The summed E-state index contributed by atoms with van der Waals surface area (Å²) in [5, 5.41) is 5.89. The van der Waals surface area contributed by atoms with Gasteiger partial charge in [-0.3, -0.25) is 4.79 Å². The van der Waals surface area contributed by atoms with Gasteiger partial charge in [0, 0.05) is 10.9 Å². The highest BCUT2D eigenvalue weighted by Gasteiger charge is 2.17. The van der Waals surface area contributed by atoms with Gasteiger partial charge in [-0.2, -0.15) is 9.78 Å². The normalized spacial score (nSPS) is 11.5. The number of hydrogen-bond acceptors (Lipinski definition) is 6. The van der Waals surface area contributed by atoms with Crippen LogP contribution in [-0.2, 0) is 0 Å². The number of rotatable bonds is 6. The zero-order valence-corrected chi connectivity index (χ0v) is 18.2. The van der Waals surface area contributed by atoms with Crippen molar-refractivity contribution in [3.63, 3.8) is 0 Å². The molecule has 0 aliphatic heterocycles. The Morgan fingerprint density at radius 1 is 1.06 bits per heavy atom. The molecule has 2 aromatic heterocycles. The minimum Gasteiger partial charge on any atom is -0.493 e. The molecule has 0 saturated carbocycles. The fraction of sp³-hybridized carbons (Fsp3) is 0.115. The Bertz CT molecular complexity index is 1520. The molecule has 0 amide bonds. The largest absolute Gasteiger partial charge is 0.493 e. The standard InChI is InChI=1S/C26H21N3O4/c1-3-32-24-18(10-8-14-22(24)31-2)16-27-29-25(23-15-17-9-4-7-13-21(17)33-23)28-20-12-6-5-11-19(20)26(29)30/h4-16H,3H2,1-2H3. The van der Waals surface area contributed by atoms with Crippen LogP contribution in [0.1, 0.15) is 12.5 Å². The monoisotopic (exact) mass is 439 g/mol. The van der Waals surface area contributed by atoms with E-state index in [0.717, 1.165) is 5.39 Å². The van der Waals surface area contributed by atoms with E-state index < -0.39 is 0 Å². The first-order chi connectivity index (χ1) is 16.2. The van der Waals surface area contributed by atoms with Crippen LogP contribution in [0.25, 0.3) is 33.5 Å². The fourth-order valence-corrected chi connectivity index (χ4v) is 3.70. The molecule has 0 N–H and O–H groups in total. The number of methoxy groups -OCH3 is 1. The summed E-state index contributed by atoms with van der Waals surface area (Å²) >= 11 is 0. The van der Waals surface area contributed by atoms with E-state index in [1.54, 1.807) is 31.5 Å². The van der Waals surface area contributed by atoms with Crippen LogP contribution in [0.3, 0.4) is 0 Å². The van der Waals surface area contributed by atoms with Gasteiger partial charge in [0.05, 0.1) is 30.8 Å². The van der Waals surface area contributed by atoms with Gasteiger partial charge in [-0.05, 0) is 43.3 Å². The Hall–Kier alpha value is -4.39. The SMILES string of the molecule is CCOc1c(C=Nn2c(-c3cc4ccccc4o3)nc3ccccc3c2=O)cccc1OC. The van der Waals surface area contributed by atoms with Gasteiger partial charge in [0.15, 0.2) is 17.3 Å². The van der Waals surface area contributed by atoms with Crippen LogP contribution in [0.5, 0.6) is 11.5 Å². The maximum atomic E-state index is 13.4. The predicted molar refractivity (Wildman–Crippen MR) is 128 cm³/mol. The van der Waals surface area contributed by atoms with Gasteiger partial charge in [0.2, 0.25) is 5.82 Å². The van der Waals surface area contributed by atoms with Crippen LogP contribution in [0, 0.1) is 0 Å². The van der Waals surface area contributed by atoms with Crippen LogP contribution >= 0.6 is 0 Å². The zero-order chi connectivity index (χ0) is 22.8. The topological polar surface area (TPSA) is 78.9 Å². The lowest BCUT2D eigenvalue weighted by molar-refractivity contribution is 0.310. The lowest BCUT2D eigenvalue weighted by Gasteiger charge is -2.12. The van der Waals surface area contributed by atoms with E-state index in [0.29, 0.717) is 51.7 Å². The lowest BCUT2D eigenvalue weighted by Crippen LogP contribution is -2.20. The highest BCUT2D eigenvalue weighted by Crippen LogP contribution is 2.30. The van der Waals surface area contributed by atoms with Crippen molar-refractivity contribution in [2.45, 2.75) is 6.92 Å². The van der Waals surface area contributed by atoms with E-state index in [1.165, 1.54) is 4.68 Å².